The number of carbonyl (C=O) groups is 1. The Hall–Kier alpha value is 3.71. The molecule has 0 fully saturated rings. The maximum Gasteiger partial charge on any atom is 0.153 e. The van der Waals surface area contributed by atoms with Crippen molar-refractivity contribution >= 4 is 194 Å². The van der Waals surface area contributed by atoms with Gasteiger partial charge in [-0.25, -0.2) is 0 Å². The number of hydrogen-bond acceptors (Lipinski definition) is 17. The summed E-state index contributed by atoms with van der Waals surface area (Å²) in [4.78, 5) is 13.0. The molecule has 38 heavy (non-hydrogen) atoms. The summed E-state index contributed by atoms with van der Waals surface area (Å²) in [6.45, 7) is 0. The molecule has 208 valence electrons. The molecule has 0 amide bonds. The van der Waals surface area contributed by atoms with Crippen molar-refractivity contribution in [1.82, 2.24) is 0 Å². The molecule has 0 bridgehead atoms. The number of thioether (sulfide) groups is 16. The lowest BCUT2D eigenvalue weighted by atomic mass is 10.5. The van der Waals surface area contributed by atoms with Gasteiger partial charge in [0.25, 0.3) is 0 Å². The summed E-state index contributed by atoms with van der Waals surface area (Å²) in [5, 5.41) is 0. The molecule has 0 aromatic rings. The maximum atomic E-state index is 13.0. The van der Waals surface area contributed by atoms with Crippen LogP contribution in [0.2, 0.25) is 0 Å². The van der Waals surface area contributed by atoms with E-state index in [1.54, 1.807) is 47.0 Å². The molecule has 4 aliphatic heterocycles. The second-order valence-electron chi connectivity index (χ2n) is 6.61. The molecule has 0 aliphatic carbocycles. The van der Waals surface area contributed by atoms with Crippen molar-refractivity contribution in [1.29, 1.82) is 0 Å². The highest BCUT2D eigenvalue weighted by Gasteiger charge is 2.31. The molecule has 0 spiro atoms. The molecule has 0 unspecified atom stereocenters. The first-order valence-electron chi connectivity index (χ1n) is 10.3. The van der Waals surface area contributed by atoms with Crippen LogP contribution in [0.4, 0.5) is 0 Å². The van der Waals surface area contributed by atoms with E-state index in [2.05, 4.69) is 37.5 Å². The second-order valence-corrected chi connectivity index (χ2v) is 24.7. The lowest BCUT2D eigenvalue weighted by Gasteiger charge is -2.05. The monoisotopic (exact) mass is 802 g/mol. The smallest absolute Gasteiger partial charge is 0.153 e. The van der Waals surface area contributed by atoms with E-state index >= 15 is 0 Å². The Morgan fingerprint density at radius 2 is 0.632 bits per heavy atom. The molecule has 4 rings (SSSR count). The number of Topliss-reactive ketones (excluding diaryl/α,β-unsaturated/α-hetero) is 1. The fourth-order valence-corrected chi connectivity index (χ4v) is 24.0. The lowest BCUT2D eigenvalue weighted by molar-refractivity contribution is -0.114. The normalized spacial score (nSPS) is 20.6. The Morgan fingerprint density at radius 1 is 0.421 bits per heavy atom. The van der Waals surface area contributed by atoms with Gasteiger partial charge in [-0.05, 0) is 37.5 Å². The van der Waals surface area contributed by atoms with Gasteiger partial charge < -0.3 is 0 Å². The average Bonchev–Trinajstić information content (AvgIpc) is 3.73. The van der Waals surface area contributed by atoms with Crippen LogP contribution < -0.4 is 0 Å². The first-order chi connectivity index (χ1) is 18.4. The van der Waals surface area contributed by atoms with E-state index in [0.717, 1.165) is 0 Å². The molecular weight excluding hydrogens is 781 g/mol. The first-order valence-corrected chi connectivity index (χ1v) is 26.2. The van der Waals surface area contributed by atoms with E-state index in [1.165, 1.54) is 50.8 Å². The van der Waals surface area contributed by atoms with Crippen LogP contribution in [0.25, 0.3) is 0 Å². The predicted molar refractivity (Wildman–Crippen MR) is 214 cm³/mol. The van der Waals surface area contributed by atoms with Crippen LogP contribution in [0.5, 0.6) is 0 Å². The van der Waals surface area contributed by atoms with Crippen molar-refractivity contribution < 1.29 is 4.79 Å². The summed E-state index contributed by atoms with van der Waals surface area (Å²) >= 11 is 29.4. The third-order valence-electron chi connectivity index (χ3n) is 4.32. The van der Waals surface area contributed by atoms with Gasteiger partial charge in [0.15, 0.2) is 5.78 Å². The molecule has 4 aliphatic rings. The van der Waals surface area contributed by atoms with E-state index in [0.29, 0.717) is 17.3 Å². The highest BCUT2D eigenvalue weighted by Crippen LogP contribution is 2.67. The first kappa shape index (κ1) is 34.6. The van der Waals surface area contributed by atoms with Gasteiger partial charge in [0, 0.05) is 0 Å². The fourth-order valence-electron chi connectivity index (χ4n) is 2.68. The van der Waals surface area contributed by atoms with Crippen molar-refractivity contribution in [2.45, 2.75) is 0 Å². The maximum absolute atomic E-state index is 13.0. The van der Waals surface area contributed by atoms with Crippen LogP contribution in [-0.2, 0) is 4.79 Å². The highest BCUT2D eigenvalue weighted by molar-refractivity contribution is 8.46. The van der Waals surface area contributed by atoms with Crippen molar-refractivity contribution in [3.8, 4) is 0 Å². The largest absolute Gasteiger partial charge is 0.298 e. The van der Waals surface area contributed by atoms with E-state index in [4.69, 9.17) is 0 Å². The molecule has 0 aromatic heterocycles. The van der Waals surface area contributed by atoms with Gasteiger partial charge in [0.05, 0.1) is 62.4 Å². The number of carbonyl (C=O) groups excluding carboxylic acids is 1. The average molecular weight is 803 g/mol. The number of hydrogen-bond donors (Lipinski definition) is 0. The van der Waals surface area contributed by atoms with E-state index in [-0.39, 0.29) is 0 Å². The number of rotatable bonds is 12. The van der Waals surface area contributed by atoms with Crippen molar-refractivity contribution in [2.24, 2.45) is 0 Å². The van der Waals surface area contributed by atoms with Crippen molar-refractivity contribution in [3.63, 3.8) is 0 Å². The fraction of sp³-hybridized carbons (Fsp3) is 0.381. The minimum absolute atomic E-state index is 0.306. The highest BCUT2D eigenvalue weighted by atomic mass is 32.3. The molecule has 0 saturated heterocycles. The van der Waals surface area contributed by atoms with Gasteiger partial charge in [0.1, 0.15) is 0 Å². The minimum Gasteiger partial charge on any atom is -0.298 e. The zero-order valence-electron chi connectivity index (χ0n) is 20.9. The summed E-state index contributed by atoms with van der Waals surface area (Å²) in [7, 11) is 0. The minimum atomic E-state index is 0.306. The van der Waals surface area contributed by atoms with E-state index in [1.807, 2.05) is 141 Å². The van der Waals surface area contributed by atoms with E-state index < -0.39 is 0 Å². The zero-order valence-corrected chi connectivity index (χ0v) is 33.9. The molecular formula is C21H22OS16. The Balaban J connectivity index is 1.29. The van der Waals surface area contributed by atoms with Crippen LogP contribution >= 0.6 is 188 Å². The lowest BCUT2D eigenvalue weighted by Crippen LogP contribution is -2.04. The summed E-state index contributed by atoms with van der Waals surface area (Å²) in [5.41, 5.74) is 0. The van der Waals surface area contributed by atoms with Gasteiger partial charge in [-0.2, -0.15) is 0 Å². The topological polar surface area (TPSA) is 17.1 Å². The van der Waals surface area contributed by atoms with Crippen LogP contribution in [0, 0.1) is 0 Å². The molecule has 0 aromatic carbocycles. The molecule has 0 saturated carbocycles. The molecule has 17 heteroatoms. The summed E-state index contributed by atoms with van der Waals surface area (Å²) in [5.74, 6) is 1.37. The Morgan fingerprint density at radius 3 is 0.868 bits per heavy atom. The van der Waals surface area contributed by atoms with Gasteiger partial charge in [-0.15, -0.1) is 94.1 Å². The molecule has 0 radical (unpaired) electrons. The SMILES string of the molecule is CSC1=C(SC)SC(=C2SC(SC)=C(SCC(=O)CSC3=C(SC)SC(=C4SC(SC)=C(SC)S4)S3)S2)S1. The summed E-state index contributed by atoms with van der Waals surface area (Å²) in [6, 6.07) is 0. The second kappa shape index (κ2) is 17.4. The molecule has 1 nitrogen and oxygen atoms in total. The molecule has 0 atom stereocenters. The third kappa shape index (κ3) is 8.91. The van der Waals surface area contributed by atoms with Crippen LogP contribution in [0.3, 0.4) is 0 Å². The Labute approximate surface area is 294 Å². The third-order valence-corrected chi connectivity index (χ3v) is 26.7. The molecule has 4 heterocycles. The summed E-state index contributed by atoms with van der Waals surface area (Å²) in [6.07, 6.45) is 12.9. The Bertz CT molecular complexity index is 1040. The van der Waals surface area contributed by atoms with Crippen LogP contribution in [0.1, 0.15) is 0 Å². The standard InChI is InChI=1S/C21H22OS16/c1-23-10-11(24-2)32-18(31-10)20-35-14(27-5)16(37-20)29-7-9(22)8-30-17-15(28-6)36-21(38-17)19-33-12(25-3)13(26-4)34-19/h7-8H2,1-6H3. The van der Waals surface area contributed by atoms with Gasteiger partial charge >= 0.3 is 0 Å². The van der Waals surface area contributed by atoms with Crippen LogP contribution in [-0.4, -0.2) is 54.8 Å². The quantitative estimate of drug-likeness (QED) is 0.186. The number of ketones is 1. The van der Waals surface area contributed by atoms with Gasteiger partial charge in [-0.3, -0.25) is 4.79 Å². The van der Waals surface area contributed by atoms with Crippen molar-refractivity contribution in [2.75, 3.05) is 49.0 Å². The van der Waals surface area contributed by atoms with Gasteiger partial charge in [0.2, 0.25) is 0 Å². The molecule has 0 N–H and O–H groups in total. The Kier molecular flexibility index (Phi) is 15.9. The summed E-state index contributed by atoms with van der Waals surface area (Å²) < 4.78 is 16.3. The zero-order chi connectivity index (χ0) is 27.2. The van der Waals surface area contributed by atoms with E-state index in [9.17, 15) is 4.79 Å². The predicted octanol–water partition coefficient (Wildman–Crippen LogP) is 12.9. The van der Waals surface area contributed by atoms with Crippen molar-refractivity contribution in [3.05, 3.63) is 50.8 Å². The van der Waals surface area contributed by atoms with Gasteiger partial charge in [-0.1, -0.05) is 94.1 Å². The van der Waals surface area contributed by atoms with Crippen LogP contribution in [0.15, 0.2) is 50.8 Å².